The molecule has 0 saturated carbocycles. The third kappa shape index (κ3) is 3.63. The summed E-state index contributed by atoms with van der Waals surface area (Å²) in [5.74, 6) is 1.14. The first-order valence-corrected chi connectivity index (χ1v) is 8.04. The van der Waals surface area contributed by atoms with Gasteiger partial charge in [-0.1, -0.05) is 12.1 Å². The van der Waals surface area contributed by atoms with E-state index in [0.29, 0.717) is 6.04 Å². The van der Waals surface area contributed by atoms with Crippen LogP contribution in [0.25, 0.3) is 0 Å². The third-order valence-corrected chi connectivity index (χ3v) is 5.45. The van der Waals surface area contributed by atoms with Crippen LogP contribution in [-0.2, 0) is 0 Å². The number of hydrogen-bond acceptors (Lipinski definition) is 4. The number of hydrogen-bond donors (Lipinski definition) is 1. The van der Waals surface area contributed by atoms with Gasteiger partial charge in [-0.15, -0.1) is 34.4 Å². The van der Waals surface area contributed by atoms with Crippen molar-refractivity contribution in [3.8, 4) is 0 Å². The molecule has 0 amide bonds. The molecule has 0 aliphatic rings. The predicted molar refractivity (Wildman–Crippen MR) is 75.8 cm³/mol. The molecule has 0 aliphatic carbocycles. The van der Waals surface area contributed by atoms with Crippen LogP contribution in [0.5, 0.6) is 0 Å². The van der Waals surface area contributed by atoms with Gasteiger partial charge in [0, 0.05) is 23.2 Å². The monoisotopic (exact) mass is 269 g/mol. The smallest absolute Gasteiger partial charge is 0.0598 e. The van der Waals surface area contributed by atoms with E-state index in [1.54, 1.807) is 0 Å². The van der Waals surface area contributed by atoms with Gasteiger partial charge in [0.15, 0.2) is 0 Å². The summed E-state index contributed by atoms with van der Waals surface area (Å²) in [5, 5.41) is 7.80. The zero-order valence-corrected chi connectivity index (χ0v) is 11.6. The van der Waals surface area contributed by atoms with Crippen LogP contribution in [0.15, 0.2) is 39.2 Å². The first-order valence-electron chi connectivity index (χ1n) is 5.29. The summed E-state index contributed by atoms with van der Waals surface area (Å²) < 4.78 is 1.41. The summed E-state index contributed by atoms with van der Waals surface area (Å²) in [6, 6.07) is 9.06. The van der Waals surface area contributed by atoms with Crippen molar-refractivity contribution in [2.75, 3.05) is 12.3 Å². The predicted octanol–water partition coefficient (Wildman–Crippen LogP) is 4.25. The molecule has 1 N–H and O–H groups in total. The molecule has 2 aromatic heterocycles. The highest BCUT2D eigenvalue weighted by Gasteiger charge is 2.04. The van der Waals surface area contributed by atoms with E-state index < -0.39 is 0 Å². The molecule has 86 valence electrons. The maximum Gasteiger partial charge on any atom is 0.0598 e. The third-order valence-electron chi connectivity index (χ3n) is 2.26. The van der Waals surface area contributed by atoms with Crippen LogP contribution in [0.3, 0.4) is 0 Å². The van der Waals surface area contributed by atoms with Crippen LogP contribution in [0, 0.1) is 0 Å². The summed E-state index contributed by atoms with van der Waals surface area (Å²) in [4.78, 5) is 1.42. The van der Waals surface area contributed by atoms with Crippen molar-refractivity contribution in [1.82, 2.24) is 5.32 Å². The Hall–Kier alpha value is -0.290. The van der Waals surface area contributed by atoms with E-state index in [2.05, 4.69) is 47.3 Å². The molecule has 2 rings (SSSR count). The van der Waals surface area contributed by atoms with Crippen LogP contribution in [-0.4, -0.2) is 12.3 Å². The molecule has 0 bridgehead atoms. The maximum absolute atomic E-state index is 3.54. The SMILES string of the molecule is CC(NCCSc1cccs1)c1cccs1. The van der Waals surface area contributed by atoms with Crippen LogP contribution in [0.2, 0.25) is 0 Å². The van der Waals surface area contributed by atoms with Crippen molar-refractivity contribution in [3.63, 3.8) is 0 Å². The second-order valence-electron chi connectivity index (χ2n) is 3.47. The van der Waals surface area contributed by atoms with E-state index in [-0.39, 0.29) is 0 Å². The average Bonchev–Trinajstić information content (AvgIpc) is 2.96. The van der Waals surface area contributed by atoms with Crippen molar-refractivity contribution in [3.05, 3.63) is 39.9 Å². The first-order chi connectivity index (χ1) is 7.86. The Morgan fingerprint density at radius 3 is 2.75 bits per heavy atom. The minimum atomic E-state index is 0.476. The molecule has 4 heteroatoms. The highest BCUT2D eigenvalue weighted by Crippen LogP contribution is 2.23. The Labute approximate surface area is 109 Å². The molecular formula is C12H15NS3. The molecule has 16 heavy (non-hydrogen) atoms. The van der Waals surface area contributed by atoms with Gasteiger partial charge in [0.05, 0.1) is 4.21 Å². The van der Waals surface area contributed by atoms with Gasteiger partial charge in [0.1, 0.15) is 0 Å². The maximum atomic E-state index is 3.54. The molecule has 0 aliphatic heterocycles. The average molecular weight is 269 g/mol. The Kier molecular flexibility index (Phi) is 4.91. The summed E-state index contributed by atoms with van der Waals surface area (Å²) in [5.41, 5.74) is 0. The van der Waals surface area contributed by atoms with Crippen LogP contribution in [0.1, 0.15) is 17.8 Å². The number of thioether (sulfide) groups is 1. The van der Waals surface area contributed by atoms with E-state index in [9.17, 15) is 0 Å². The molecular weight excluding hydrogens is 254 g/mol. The van der Waals surface area contributed by atoms with Crippen molar-refractivity contribution in [1.29, 1.82) is 0 Å². The van der Waals surface area contributed by atoms with Gasteiger partial charge < -0.3 is 5.32 Å². The molecule has 2 aromatic rings. The highest BCUT2D eigenvalue weighted by molar-refractivity contribution is 8.01. The summed E-state index contributed by atoms with van der Waals surface area (Å²) in [7, 11) is 0. The zero-order chi connectivity index (χ0) is 11.2. The highest BCUT2D eigenvalue weighted by atomic mass is 32.2. The summed E-state index contributed by atoms with van der Waals surface area (Å²) in [6.07, 6.45) is 0. The number of rotatable bonds is 6. The molecule has 0 saturated heterocycles. The van der Waals surface area contributed by atoms with Gasteiger partial charge in [-0.3, -0.25) is 0 Å². The van der Waals surface area contributed by atoms with Crippen LogP contribution in [0.4, 0.5) is 0 Å². The van der Waals surface area contributed by atoms with Crippen molar-refractivity contribution >= 4 is 34.4 Å². The second-order valence-corrected chi connectivity index (χ2v) is 6.79. The van der Waals surface area contributed by atoms with E-state index in [4.69, 9.17) is 0 Å². The normalized spacial score (nSPS) is 12.8. The number of thiophene rings is 2. The topological polar surface area (TPSA) is 12.0 Å². The van der Waals surface area contributed by atoms with Gasteiger partial charge in [-0.05, 0) is 29.8 Å². The molecule has 1 nitrogen and oxygen atoms in total. The lowest BCUT2D eigenvalue weighted by atomic mass is 10.3. The van der Waals surface area contributed by atoms with Gasteiger partial charge in [0.2, 0.25) is 0 Å². The quantitative estimate of drug-likeness (QED) is 0.621. The minimum absolute atomic E-state index is 0.476. The van der Waals surface area contributed by atoms with E-state index >= 15 is 0 Å². The minimum Gasteiger partial charge on any atom is -0.309 e. The zero-order valence-electron chi connectivity index (χ0n) is 9.18. The fraction of sp³-hybridized carbons (Fsp3) is 0.333. The fourth-order valence-corrected chi connectivity index (χ4v) is 3.90. The second kappa shape index (κ2) is 6.45. The largest absolute Gasteiger partial charge is 0.309 e. The van der Waals surface area contributed by atoms with Crippen LogP contribution < -0.4 is 5.32 Å². The van der Waals surface area contributed by atoms with E-state index in [0.717, 1.165) is 12.3 Å². The van der Waals surface area contributed by atoms with Gasteiger partial charge >= 0.3 is 0 Å². The summed E-state index contributed by atoms with van der Waals surface area (Å²) >= 11 is 5.56. The molecule has 0 fully saturated rings. The first kappa shape index (κ1) is 12.2. The van der Waals surface area contributed by atoms with Gasteiger partial charge in [0.25, 0.3) is 0 Å². The van der Waals surface area contributed by atoms with E-state index in [1.165, 1.54) is 9.09 Å². The van der Waals surface area contributed by atoms with Crippen molar-refractivity contribution in [2.24, 2.45) is 0 Å². The molecule has 0 radical (unpaired) electrons. The van der Waals surface area contributed by atoms with Crippen LogP contribution >= 0.6 is 34.4 Å². The lowest BCUT2D eigenvalue weighted by Crippen LogP contribution is -2.20. The fourth-order valence-electron chi connectivity index (χ4n) is 1.41. The van der Waals surface area contributed by atoms with E-state index in [1.807, 2.05) is 34.4 Å². The molecule has 0 aromatic carbocycles. The lowest BCUT2D eigenvalue weighted by Gasteiger charge is -2.11. The van der Waals surface area contributed by atoms with Crippen molar-refractivity contribution < 1.29 is 0 Å². The Morgan fingerprint density at radius 2 is 2.06 bits per heavy atom. The van der Waals surface area contributed by atoms with Gasteiger partial charge in [-0.2, -0.15) is 0 Å². The molecule has 2 heterocycles. The Balaban J connectivity index is 1.65. The lowest BCUT2D eigenvalue weighted by molar-refractivity contribution is 0.610. The standard InChI is InChI=1S/C12H15NS3/c1-10(11-4-2-7-14-11)13-6-9-16-12-5-3-8-15-12/h2-5,7-8,10,13H,6,9H2,1H3. The molecule has 1 atom stereocenters. The summed E-state index contributed by atoms with van der Waals surface area (Å²) in [6.45, 7) is 3.28. The Morgan fingerprint density at radius 1 is 1.25 bits per heavy atom. The van der Waals surface area contributed by atoms with Crippen molar-refractivity contribution in [2.45, 2.75) is 17.2 Å². The molecule has 1 unspecified atom stereocenters. The Bertz CT molecular complexity index is 380. The number of nitrogens with one attached hydrogen (secondary N) is 1. The van der Waals surface area contributed by atoms with Gasteiger partial charge in [-0.25, -0.2) is 0 Å². The molecule has 0 spiro atoms.